The van der Waals surface area contributed by atoms with Gasteiger partial charge in [0.15, 0.2) is 5.13 Å². The number of piperidine rings is 3. The van der Waals surface area contributed by atoms with Crippen LogP contribution in [-0.2, 0) is 4.74 Å². The number of thiazole rings is 1. The fourth-order valence-electron chi connectivity index (χ4n) is 4.18. The van der Waals surface area contributed by atoms with Crippen LogP contribution in [0.15, 0.2) is 29.8 Å². The number of ether oxygens (including phenoxy) is 1. The maximum atomic E-state index is 12.5. The number of anilines is 1. The van der Waals surface area contributed by atoms with Gasteiger partial charge in [0, 0.05) is 24.0 Å². The SMILES string of the molecule is O=C1O[C@@]2(CN3CCC2CC3)CN1c1nc(-c2ccccn2)cs1. The lowest BCUT2D eigenvalue weighted by molar-refractivity contribution is -0.0881. The zero-order valence-corrected chi connectivity index (χ0v) is 14.0. The topological polar surface area (TPSA) is 58.6 Å². The Hall–Kier alpha value is -1.99. The lowest BCUT2D eigenvalue weighted by atomic mass is 9.75. The number of pyridine rings is 1. The van der Waals surface area contributed by atoms with Gasteiger partial charge in [-0.3, -0.25) is 9.88 Å². The van der Waals surface area contributed by atoms with Crippen molar-refractivity contribution in [3.05, 3.63) is 29.8 Å². The molecule has 4 fully saturated rings. The van der Waals surface area contributed by atoms with Crippen LogP contribution in [0.5, 0.6) is 0 Å². The first-order valence-electron chi connectivity index (χ1n) is 8.33. The summed E-state index contributed by atoms with van der Waals surface area (Å²) in [4.78, 5) is 25.6. The molecule has 1 atom stereocenters. The second kappa shape index (κ2) is 5.26. The number of hydrogen-bond acceptors (Lipinski definition) is 6. The average Bonchev–Trinajstić information content (AvgIpc) is 3.22. The number of hydrogen-bond donors (Lipinski definition) is 0. The van der Waals surface area contributed by atoms with E-state index in [1.165, 1.54) is 11.3 Å². The zero-order chi connectivity index (χ0) is 16.1. The third-order valence-electron chi connectivity index (χ3n) is 5.41. The van der Waals surface area contributed by atoms with Crippen molar-refractivity contribution < 1.29 is 9.53 Å². The number of fused-ring (bicyclic) bond motifs is 2. The van der Waals surface area contributed by atoms with Crippen LogP contribution in [0.3, 0.4) is 0 Å². The Kier molecular flexibility index (Phi) is 3.14. The lowest BCUT2D eigenvalue weighted by Crippen LogP contribution is -2.61. The summed E-state index contributed by atoms with van der Waals surface area (Å²) in [5, 5.41) is 2.65. The van der Waals surface area contributed by atoms with E-state index in [2.05, 4.69) is 14.9 Å². The molecule has 0 aromatic carbocycles. The number of nitrogens with zero attached hydrogens (tertiary/aromatic N) is 4. The normalized spacial score (nSPS) is 31.7. The van der Waals surface area contributed by atoms with Gasteiger partial charge in [0.25, 0.3) is 0 Å². The Morgan fingerprint density at radius 3 is 2.79 bits per heavy atom. The van der Waals surface area contributed by atoms with Crippen molar-refractivity contribution in [2.75, 3.05) is 31.1 Å². The third kappa shape index (κ3) is 2.15. The fraction of sp³-hybridized carbons (Fsp3) is 0.471. The Morgan fingerprint density at radius 1 is 1.21 bits per heavy atom. The van der Waals surface area contributed by atoms with Crippen molar-refractivity contribution in [3.63, 3.8) is 0 Å². The molecule has 1 amide bonds. The molecule has 0 N–H and O–H groups in total. The molecule has 4 aliphatic rings. The van der Waals surface area contributed by atoms with E-state index in [1.807, 2.05) is 23.6 Å². The van der Waals surface area contributed by atoms with Crippen molar-refractivity contribution in [1.82, 2.24) is 14.9 Å². The van der Waals surface area contributed by atoms with E-state index in [0.29, 0.717) is 17.6 Å². The van der Waals surface area contributed by atoms with Gasteiger partial charge in [0.1, 0.15) is 11.3 Å². The molecule has 0 radical (unpaired) electrons. The first-order chi connectivity index (χ1) is 11.7. The summed E-state index contributed by atoms with van der Waals surface area (Å²) in [6.45, 7) is 3.73. The summed E-state index contributed by atoms with van der Waals surface area (Å²) in [5.74, 6) is 0.478. The van der Waals surface area contributed by atoms with E-state index < -0.39 is 0 Å². The molecule has 4 aliphatic heterocycles. The van der Waals surface area contributed by atoms with E-state index in [-0.39, 0.29) is 11.7 Å². The molecular weight excluding hydrogens is 324 g/mol. The van der Waals surface area contributed by atoms with Gasteiger partial charge in [-0.05, 0) is 38.1 Å². The second-order valence-corrected chi connectivity index (χ2v) is 7.64. The minimum absolute atomic E-state index is 0.259. The van der Waals surface area contributed by atoms with Gasteiger partial charge in [0.05, 0.1) is 12.2 Å². The largest absolute Gasteiger partial charge is 0.439 e. The van der Waals surface area contributed by atoms with E-state index in [9.17, 15) is 4.79 Å². The van der Waals surface area contributed by atoms with Crippen LogP contribution >= 0.6 is 11.3 Å². The smallest absolute Gasteiger partial charge is 0.416 e. The minimum Gasteiger partial charge on any atom is -0.439 e. The zero-order valence-electron chi connectivity index (χ0n) is 13.2. The number of aromatic nitrogens is 2. The predicted molar refractivity (Wildman–Crippen MR) is 91.1 cm³/mol. The molecule has 124 valence electrons. The Balaban J connectivity index is 1.42. The van der Waals surface area contributed by atoms with Crippen LogP contribution in [0.2, 0.25) is 0 Å². The van der Waals surface area contributed by atoms with Gasteiger partial charge in [-0.25, -0.2) is 14.7 Å². The lowest BCUT2D eigenvalue weighted by Gasteiger charge is -2.49. The molecule has 0 saturated carbocycles. The van der Waals surface area contributed by atoms with Crippen molar-refractivity contribution in [2.24, 2.45) is 5.92 Å². The maximum Gasteiger partial charge on any atom is 0.416 e. The molecule has 2 aromatic rings. The van der Waals surface area contributed by atoms with Crippen molar-refractivity contribution >= 4 is 22.6 Å². The molecule has 0 aliphatic carbocycles. The van der Waals surface area contributed by atoms with Gasteiger partial charge >= 0.3 is 6.09 Å². The molecule has 2 aromatic heterocycles. The van der Waals surface area contributed by atoms with Gasteiger partial charge < -0.3 is 4.74 Å². The summed E-state index contributed by atoms with van der Waals surface area (Å²) in [7, 11) is 0. The monoisotopic (exact) mass is 342 g/mol. The first-order valence-corrected chi connectivity index (χ1v) is 9.21. The van der Waals surface area contributed by atoms with Gasteiger partial charge in [-0.15, -0.1) is 11.3 Å². The van der Waals surface area contributed by atoms with Gasteiger partial charge in [-0.2, -0.15) is 0 Å². The molecule has 2 bridgehead atoms. The molecule has 6 rings (SSSR count). The fourth-order valence-corrected chi connectivity index (χ4v) is 4.99. The highest BCUT2D eigenvalue weighted by Crippen LogP contribution is 2.43. The highest BCUT2D eigenvalue weighted by atomic mass is 32.1. The minimum atomic E-state index is -0.343. The number of carbonyl (C=O) groups is 1. The molecule has 6 nitrogen and oxygen atoms in total. The second-order valence-electron chi connectivity index (χ2n) is 6.80. The molecule has 24 heavy (non-hydrogen) atoms. The summed E-state index contributed by atoms with van der Waals surface area (Å²) < 4.78 is 5.90. The van der Waals surface area contributed by atoms with E-state index >= 15 is 0 Å². The Labute approximate surface area is 144 Å². The van der Waals surface area contributed by atoms with Crippen LogP contribution in [0, 0.1) is 5.92 Å². The highest BCUT2D eigenvalue weighted by molar-refractivity contribution is 7.14. The van der Waals surface area contributed by atoms with Gasteiger partial charge in [-0.1, -0.05) is 6.07 Å². The number of carbonyl (C=O) groups excluding carboxylic acids is 1. The van der Waals surface area contributed by atoms with Gasteiger partial charge in [0.2, 0.25) is 0 Å². The molecule has 0 unspecified atom stereocenters. The van der Waals surface area contributed by atoms with Crippen molar-refractivity contribution in [2.45, 2.75) is 18.4 Å². The van der Waals surface area contributed by atoms with E-state index in [4.69, 9.17) is 4.74 Å². The summed E-state index contributed by atoms with van der Waals surface area (Å²) >= 11 is 1.47. The first kappa shape index (κ1) is 14.4. The Bertz CT molecular complexity index is 772. The van der Waals surface area contributed by atoms with Crippen LogP contribution in [0.4, 0.5) is 9.93 Å². The molecular formula is C17H18N4O2S. The summed E-state index contributed by atoms with van der Waals surface area (Å²) in [5.41, 5.74) is 1.29. The standard InChI is InChI=1S/C17H18N4O2S/c22-16-21(11-17(23-16)10-20-7-4-12(17)5-8-20)15-19-14(9-24-15)13-3-1-2-6-18-13/h1-3,6,9,12H,4-5,7-8,10-11H2/t17-/m0/s1. The predicted octanol–water partition coefficient (Wildman–Crippen LogP) is 2.63. The van der Waals surface area contributed by atoms with Crippen LogP contribution in [-0.4, -0.2) is 52.7 Å². The summed E-state index contributed by atoms with van der Waals surface area (Å²) in [6, 6.07) is 5.75. The van der Waals surface area contributed by atoms with Crippen LogP contribution in [0.25, 0.3) is 11.4 Å². The van der Waals surface area contributed by atoms with Crippen LogP contribution in [0.1, 0.15) is 12.8 Å². The average molecular weight is 342 g/mol. The summed E-state index contributed by atoms with van der Waals surface area (Å²) in [6.07, 6.45) is 3.74. The van der Waals surface area contributed by atoms with Crippen molar-refractivity contribution in [1.29, 1.82) is 0 Å². The van der Waals surface area contributed by atoms with Crippen molar-refractivity contribution in [3.8, 4) is 11.4 Å². The highest BCUT2D eigenvalue weighted by Gasteiger charge is 2.56. The number of rotatable bonds is 2. The van der Waals surface area contributed by atoms with Crippen LogP contribution < -0.4 is 4.90 Å². The Morgan fingerprint density at radius 2 is 2.08 bits per heavy atom. The van der Waals surface area contributed by atoms with E-state index in [1.54, 1.807) is 11.1 Å². The number of amides is 1. The molecule has 4 saturated heterocycles. The maximum absolute atomic E-state index is 12.5. The molecule has 6 heterocycles. The van der Waals surface area contributed by atoms with E-state index in [0.717, 1.165) is 43.9 Å². The third-order valence-corrected chi connectivity index (χ3v) is 6.27. The molecule has 1 spiro atoms. The quantitative estimate of drug-likeness (QED) is 0.840. The molecule has 7 heteroatoms.